The quantitative estimate of drug-likeness (QED) is 0.425. The monoisotopic (exact) mass is 213 g/mol. The maximum Gasteiger partial charge on any atom is 0.408 e. The first-order chi connectivity index (χ1) is 7.10. The van der Waals surface area contributed by atoms with Crippen LogP contribution in [0.5, 0.6) is 0 Å². The summed E-state index contributed by atoms with van der Waals surface area (Å²) < 4.78 is 9.22. The molecule has 0 aliphatic heterocycles. The Morgan fingerprint density at radius 3 is 2.40 bits per heavy atom. The van der Waals surface area contributed by atoms with Crippen LogP contribution in [0.15, 0.2) is 0 Å². The summed E-state index contributed by atoms with van der Waals surface area (Å²) in [6.07, 6.45) is -0.553. The normalized spacial score (nSPS) is 10.6. The lowest BCUT2D eigenvalue weighted by atomic mass is 10.3. The van der Waals surface area contributed by atoms with E-state index in [9.17, 15) is 9.59 Å². The predicted octanol–water partition coefficient (Wildman–Crippen LogP) is 0.688. The van der Waals surface area contributed by atoms with Gasteiger partial charge in [-0.15, -0.1) is 0 Å². The Morgan fingerprint density at radius 1 is 1.27 bits per heavy atom. The van der Waals surface area contributed by atoms with Gasteiger partial charge in [0.1, 0.15) is 0 Å². The molecule has 0 aromatic heterocycles. The van der Waals surface area contributed by atoms with Gasteiger partial charge in [0.2, 0.25) is 0 Å². The van der Waals surface area contributed by atoms with Crippen molar-refractivity contribution in [2.24, 2.45) is 0 Å². The number of carbonyl (C=O) groups excluding carboxylic acids is 2. The Hall–Kier alpha value is -1.70. The molecule has 0 bridgehead atoms. The van der Waals surface area contributed by atoms with Gasteiger partial charge < -0.3 is 14.8 Å². The molecular weight excluding hydrogens is 198 g/mol. The number of nitrogens with one attached hydrogen (secondary N) is 1. The summed E-state index contributed by atoms with van der Waals surface area (Å²) in [7, 11) is 0. The van der Waals surface area contributed by atoms with Gasteiger partial charge in [-0.05, 0) is 20.8 Å². The smallest absolute Gasteiger partial charge is 0.408 e. The third-order valence-electron chi connectivity index (χ3n) is 1.28. The van der Waals surface area contributed by atoms with E-state index in [2.05, 4.69) is 26.6 Å². The van der Waals surface area contributed by atoms with Crippen molar-refractivity contribution in [3.05, 3.63) is 0 Å². The number of alkyl carbamates (subject to hydrolysis) is 1. The molecule has 0 fully saturated rings. The van der Waals surface area contributed by atoms with Crippen molar-refractivity contribution in [3.8, 4) is 11.8 Å². The molecule has 0 aromatic rings. The molecule has 0 rings (SSSR count). The minimum atomic E-state index is -0.602. The van der Waals surface area contributed by atoms with Crippen LogP contribution in [0, 0.1) is 11.8 Å². The second-order valence-electron chi connectivity index (χ2n) is 2.58. The van der Waals surface area contributed by atoms with E-state index in [1.165, 1.54) is 0 Å². The fraction of sp³-hybridized carbons (Fsp3) is 0.600. The largest absolute Gasteiger partial charge is 0.456 e. The van der Waals surface area contributed by atoms with Crippen molar-refractivity contribution in [1.29, 1.82) is 0 Å². The topological polar surface area (TPSA) is 64.6 Å². The molecule has 0 unspecified atom stereocenters. The maximum atomic E-state index is 10.9. The van der Waals surface area contributed by atoms with E-state index in [1.54, 1.807) is 20.8 Å². The van der Waals surface area contributed by atoms with Gasteiger partial charge >= 0.3 is 12.1 Å². The van der Waals surface area contributed by atoms with Crippen LogP contribution in [0.25, 0.3) is 0 Å². The van der Waals surface area contributed by atoms with Crippen LogP contribution in [0.3, 0.4) is 0 Å². The Bertz CT molecular complexity index is 277. The molecule has 15 heavy (non-hydrogen) atoms. The second-order valence-corrected chi connectivity index (χ2v) is 2.58. The fourth-order valence-corrected chi connectivity index (χ4v) is 0.720. The summed E-state index contributed by atoms with van der Waals surface area (Å²) in [4.78, 5) is 21.7. The Kier molecular flexibility index (Phi) is 6.81. The highest BCUT2D eigenvalue weighted by atomic mass is 16.5. The number of hydrogen-bond donors (Lipinski definition) is 1. The molecule has 0 saturated carbocycles. The third kappa shape index (κ3) is 7.38. The SMILES string of the molecule is CCOC(=O)C#C[C@H](C)NC(=O)OCC. The number of amides is 1. The second kappa shape index (κ2) is 7.68. The lowest BCUT2D eigenvalue weighted by Crippen LogP contribution is -2.32. The molecule has 0 aliphatic carbocycles. The van der Waals surface area contributed by atoms with Crippen LogP contribution < -0.4 is 5.32 Å². The van der Waals surface area contributed by atoms with Crippen LogP contribution >= 0.6 is 0 Å². The van der Waals surface area contributed by atoms with Crippen molar-refractivity contribution in [2.75, 3.05) is 13.2 Å². The highest BCUT2D eigenvalue weighted by Crippen LogP contribution is 1.83. The third-order valence-corrected chi connectivity index (χ3v) is 1.28. The van der Waals surface area contributed by atoms with Crippen molar-refractivity contribution in [3.63, 3.8) is 0 Å². The lowest BCUT2D eigenvalue weighted by Gasteiger charge is -2.06. The van der Waals surface area contributed by atoms with E-state index in [4.69, 9.17) is 0 Å². The van der Waals surface area contributed by atoms with Crippen LogP contribution in [0.1, 0.15) is 20.8 Å². The van der Waals surface area contributed by atoms with E-state index >= 15 is 0 Å². The van der Waals surface area contributed by atoms with Gasteiger partial charge in [0.25, 0.3) is 0 Å². The number of carbonyl (C=O) groups is 2. The summed E-state index contributed by atoms with van der Waals surface area (Å²) in [6.45, 7) is 5.62. The van der Waals surface area contributed by atoms with Crippen molar-refractivity contribution >= 4 is 12.1 Å². The van der Waals surface area contributed by atoms with Crippen molar-refractivity contribution in [2.45, 2.75) is 26.8 Å². The summed E-state index contributed by atoms with van der Waals surface area (Å²) in [6, 6.07) is -0.451. The van der Waals surface area contributed by atoms with E-state index in [0.717, 1.165) is 0 Å². The first-order valence-electron chi connectivity index (χ1n) is 4.71. The molecule has 0 spiro atoms. The highest BCUT2D eigenvalue weighted by Gasteiger charge is 2.04. The number of esters is 1. The molecule has 1 N–H and O–H groups in total. The van der Waals surface area contributed by atoms with E-state index in [0.29, 0.717) is 6.61 Å². The highest BCUT2D eigenvalue weighted by molar-refractivity contribution is 5.88. The van der Waals surface area contributed by atoms with Gasteiger partial charge in [0.15, 0.2) is 0 Å². The number of rotatable bonds is 3. The standard InChI is InChI=1S/C10H15NO4/c1-4-14-9(12)7-6-8(3)11-10(13)15-5-2/h8H,4-5H2,1-3H3,(H,11,13)/t8-/m0/s1. The summed E-state index contributed by atoms with van der Waals surface area (Å²) in [5, 5.41) is 2.44. The zero-order chi connectivity index (χ0) is 11.7. The molecular formula is C10H15NO4. The zero-order valence-corrected chi connectivity index (χ0v) is 9.12. The first-order valence-corrected chi connectivity index (χ1v) is 4.71. The minimum Gasteiger partial charge on any atom is -0.456 e. The number of hydrogen-bond acceptors (Lipinski definition) is 4. The van der Waals surface area contributed by atoms with Gasteiger partial charge in [-0.2, -0.15) is 0 Å². The minimum absolute atomic E-state index is 0.285. The van der Waals surface area contributed by atoms with Gasteiger partial charge in [-0.3, -0.25) is 0 Å². The molecule has 0 saturated heterocycles. The van der Waals surface area contributed by atoms with Crippen LogP contribution in [0.4, 0.5) is 4.79 Å². The zero-order valence-electron chi connectivity index (χ0n) is 9.12. The molecule has 0 aliphatic rings. The number of ether oxygens (including phenoxy) is 2. The Morgan fingerprint density at radius 2 is 1.87 bits per heavy atom. The van der Waals surface area contributed by atoms with Crippen molar-refractivity contribution in [1.82, 2.24) is 5.32 Å². The molecule has 0 aromatic carbocycles. The first kappa shape index (κ1) is 13.3. The Labute approximate surface area is 89.1 Å². The molecule has 84 valence electrons. The van der Waals surface area contributed by atoms with Gasteiger partial charge in [-0.25, -0.2) is 9.59 Å². The molecule has 0 radical (unpaired) electrons. The van der Waals surface area contributed by atoms with Gasteiger partial charge in [0.05, 0.1) is 19.3 Å². The summed E-state index contributed by atoms with van der Waals surface area (Å²) in [5.41, 5.74) is 0. The van der Waals surface area contributed by atoms with Crippen LogP contribution in [-0.4, -0.2) is 31.3 Å². The predicted molar refractivity (Wildman–Crippen MR) is 54.0 cm³/mol. The van der Waals surface area contributed by atoms with Crippen LogP contribution in [-0.2, 0) is 14.3 Å². The lowest BCUT2D eigenvalue weighted by molar-refractivity contribution is -0.136. The molecule has 5 nitrogen and oxygen atoms in total. The average Bonchev–Trinajstić information content (AvgIpc) is 2.15. The fourth-order valence-electron chi connectivity index (χ4n) is 0.720. The Balaban J connectivity index is 3.96. The van der Waals surface area contributed by atoms with E-state index in [1.807, 2.05) is 0 Å². The van der Waals surface area contributed by atoms with E-state index < -0.39 is 18.1 Å². The maximum absolute atomic E-state index is 10.9. The van der Waals surface area contributed by atoms with Crippen molar-refractivity contribution < 1.29 is 19.1 Å². The molecule has 1 amide bonds. The average molecular weight is 213 g/mol. The van der Waals surface area contributed by atoms with Gasteiger partial charge in [-0.1, -0.05) is 5.92 Å². The summed E-state index contributed by atoms with van der Waals surface area (Å²) in [5.74, 6) is 4.17. The molecule has 5 heteroatoms. The molecule has 0 heterocycles. The van der Waals surface area contributed by atoms with E-state index in [-0.39, 0.29) is 6.61 Å². The molecule has 1 atom stereocenters. The van der Waals surface area contributed by atoms with Gasteiger partial charge in [0, 0.05) is 5.92 Å². The summed E-state index contributed by atoms with van der Waals surface area (Å²) >= 11 is 0. The van der Waals surface area contributed by atoms with Crippen LogP contribution in [0.2, 0.25) is 0 Å².